The lowest BCUT2D eigenvalue weighted by molar-refractivity contribution is -0.749. The lowest BCUT2D eigenvalue weighted by Crippen LogP contribution is -2.29. The predicted molar refractivity (Wildman–Crippen MR) is 26.6 cm³/mol. The van der Waals surface area contributed by atoms with Crippen LogP contribution in [0, 0.1) is 0 Å². The van der Waals surface area contributed by atoms with Crippen molar-refractivity contribution in [3.05, 3.63) is 0 Å². The minimum Gasteiger partial charge on any atom is -0.494 e. The molecule has 0 saturated carbocycles. The molecule has 0 heterocycles. The van der Waals surface area contributed by atoms with E-state index in [-0.39, 0.29) is 0 Å². The molecule has 0 N–H and O–H groups in total. The molecule has 0 aromatic carbocycles. The van der Waals surface area contributed by atoms with Crippen molar-refractivity contribution in [2.75, 3.05) is 21.1 Å². The van der Waals surface area contributed by atoms with Crippen molar-refractivity contribution >= 4 is 16.5 Å². The number of hydrogen-bond donors (Lipinski definition) is 0. The van der Waals surface area contributed by atoms with Crippen LogP contribution in [-0.4, -0.2) is 41.1 Å². The zero-order chi connectivity index (χ0) is 4.50. The second-order valence-electron chi connectivity index (χ2n) is 2.68. The Bertz CT molecular complexity index is 22.4. The monoisotopic (exact) mass is 88.1 g/mol. The Morgan fingerprint density at radius 3 is 1.20 bits per heavy atom. The zero-order valence-electron chi connectivity index (χ0n) is 4.45. The van der Waals surface area contributed by atoms with Gasteiger partial charge in [-0.1, -0.05) is 0 Å². The molecule has 0 bridgehead atoms. The van der Waals surface area contributed by atoms with E-state index < -0.39 is 0 Å². The van der Waals surface area contributed by atoms with Gasteiger partial charge < -0.3 is 3.47 Å². The van der Waals surface area contributed by atoms with E-state index in [0.29, 0.717) is 0 Å². The third-order valence-electron chi connectivity index (χ3n) is 0. The molecule has 0 aliphatic carbocycles. The molecule has 30 valence electrons. The minimum absolute atomic E-state index is 1.14. The largest absolute Gasteiger partial charge is 0.607 e. The smallest absolute Gasteiger partial charge is 0.494 e. The van der Waals surface area contributed by atoms with Crippen molar-refractivity contribution < 1.29 is 3.47 Å². The molecule has 0 aromatic heterocycles. The normalized spacial score (nSPS) is 11.8. The number of hydrogen-bond acceptors (Lipinski definition) is 0. The lowest BCUT2D eigenvalue weighted by atomic mass is 11.0. The van der Waals surface area contributed by atoms with Crippen LogP contribution in [-0.2, 0) is 0 Å². The molecule has 0 amide bonds. The first kappa shape index (κ1) is 5.49. The molecular weight excluding hydrogens is 77.0 g/mol. The van der Waals surface area contributed by atoms with E-state index in [1.165, 1.54) is 16.5 Å². The highest BCUT2D eigenvalue weighted by atomic mass is 27.1. The van der Waals surface area contributed by atoms with Gasteiger partial charge in [-0.15, -0.1) is 0 Å². The quantitative estimate of drug-likeness (QED) is 0.341. The predicted octanol–water partition coefficient (Wildman–Crippen LogP) is -0.759. The van der Waals surface area contributed by atoms with Crippen LogP contribution in [0.5, 0.6) is 0 Å². The molecule has 0 atom stereocenters. The topological polar surface area (TPSA) is 0 Å². The van der Waals surface area contributed by atoms with E-state index >= 15 is 0 Å². The Morgan fingerprint density at radius 1 is 1.20 bits per heavy atom. The maximum absolute atomic E-state index is 2.19. The van der Waals surface area contributed by atoms with Crippen LogP contribution >= 0.6 is 0 Å². The highest BCUT2D eigenvalue weighted by Crippen LogP contribution is 1.71. The Balaban J connectivity index is 3.02. The second kappa shape index (κ2) is 1.30. The Kier molecular flexibility index (Phi) is 1.43. The molecule has 0 aliphatic rings. The first-order chi connectivity index (χ1) is 2.00. The number of quaternary nitrogens is 1. The van der Waals surface area contributed by atoms with Gasteiger partial charge in [0.2, 0.25) is 0 Å². The van der Waals surface area contributed by atoms with Gasteiger partial charge in [-0.25, -0.2) is 0 Å². The van der Waals surface area contributed by atoms with E-state index in [4.69, 9.17) is 0 Å². The first-order valence-electron chi connectivity index (χ1n) is 1.79. The van der Waals surface area contributed by atoms with E-state index in [9.17, 15) is 0 Å². The summed E-state index contributed by atoms with van der Waals surface area (Å²) in [5.41, 5.74) is 0. The van der Waals surface area contributed by atoms with Gasteiger partial charge in [-0.2, -0.15) is 0 Å². The van der Waals surface area contributed by atoms with E-state index in [1.807, 2.05) is 0 Å². The van der Waals surface area contributed by atoms with Gasteiger partial charge in [-0.05, 0) is 0 Å². The number of nitrogens with zero attached hydrogens (tertiary/aromatic N) is 1. The van der Waals surface area contributed by atoms with E-state index in [0.717, 1.165) is 3.47 Å². The Morgan fingerprint density at radius 2 is 1.20 bits per heavy atom. The molecule has 0 saturated heterocycles. The summed E-state index contributed by atoms with van der Waals surface area (Å²) >= 11 is 1.25. The van der Waals surface area contributed by atoms with Crippen molar-refractivity contribution in [3.8, 4) is 0 Å². The maximum atomic E-state index is 2.19. The van der Waals surface area contributed by atoms with Crippen molar-refractivity contribution in [3.63, 3.8) is 0 Å². The van der Waals surface area contributed by atoms with Crippen LogP contribution in [0.2, 0.25) is 0 Å². The van der Waals surface area contributed by atoms with Crippen molar-refractivity contribution in [2.24, 2.45) is 0 Å². The SMILES string of the molecule is C[N+](C)(C)[AlH2]. The molecule has 0 rings (SSSR count). The summed E-state index contributed by atoms with van der Waals surface area (Å²) in [6.07, 6.45) is 0. The summed E-state index contributed by atoms with van der Waals surface area (Å²) in [5.74, 6) is 0. The number of rotatable bonds is 0. The van der Waals surface area contributed by atoms with Crippen molar-refractivity contribution in [1.29, 1.82) is 0 Å². The van der Waals surface area contributed by atoms with Gasteiger partial charge in [-0.3, -0.25) is 0 Å². The average Bonchev–Trinajstić information content (AvgIpc) is 0.722. The third-order valence-corrected chi connectivity index (χ3v) is 0. The summed E-state index contributed by atoms with van der Waals surface area (Å²) in [6.45, 7) is 0. The van der Waals surface area contributed by atoms with Crippen LogP contribution in [0.15, 0.2) is 0 Å². The molecule has 2 heteroatoms. The summed E-state index contributed by atoms with van der Waals surface area (Å²) in [4.78, 5) is 0. The molecule has 0 unspecified atom stereocenters. The van der Waals surface area contributed by atoms with Crippen molar-refractivity contribution in [2.45, 2.75) is 0 Å². The van der Waals surface area contributed by atoms with Gasteiger partial charge in [0.25, 0.3) is 0 Å². The fourth-order valence-corrected chi connectivity index (χ4v) is 0. The molecule has 5 heavy (non-hydrogen) atoms. The fraction of sp³-hybridized carbons (Fsp3) is 1.00. The molecule has 0 radical (unpaired) electrons. The second-order valence-corrected chi connectivity index (χ2v) is 5.37. The third kappa shape index (κ3) is 115. The van der Waals surface area contributed by atoms with Gasteiger partial charge in [0, 0.05) is 21.1 Å². The Hall–Kier alpha value is 0.492. The fourth-order valence-electron chi connectivity index (χ4n) is 0. The molecule has 0 fully saturated rings. The maximum Gasteiger partial charge on any atom is 0.607 e. The lowest BCUT2D eigenvalue weighted by Gasteiger charge is -2.20. The first-order valence-corrected chi connectivity index (χ1v) is 2.68. The summed E-state index contributed by atoms with van der Waals surface area (Å²) < 4.78 is 1.14. The van der Waals surface area contributed by atoms with Crippen molar-refractivity contribution in [1.82, 2.24) is 0 Å². The van der Waals surface area contributed by atoms with E-state index in [2.05, 4.69) is 21.1 Å². The Labute approximate surface area is 41.8 Å². The van der Waals surface area contributed by atoms with E-state index in [1.54, 1.807) is 0 Å². The van der Waals surface area contributed by atoms with Gasteiger partial charge >= 0.3 is 16.5 Å². The zero-order valence-corrected chi connectivity index (χ0v) is 6.45. The van der Waals surface area contributed by atoms with Crippen LogP contribution < -0.4 is 0 Å². The molecular formula is C3H11AlN+. The van der Waals surface area contributed by atoms with Crippen LogP contribution in [0.25, 0.3) is 0 Å². The summed E-state index contributed by atoms with van der Waals surface area (Å²) in [6, 6.07) is 0. The highest BCUT2D eigenvalue weighted by Gasteiger charge is 1.89. The standard InChI is InChI=1S/C3H9N.Al.2H/c1-4(2)3;;;/h1-3H3;;;/q;+1;;. The summed E-state index contributed by atoms with van der Waals surface area (Å²) in [5, 5.41) is 0. The molecule has 1 nitrogen and oxygen atoms in total. The van der Waals surface area contributed by atoms with Gasteiger partial charge in [0.15, 0.2) is 0 Å². The summed E-state index contributed by atoms with van der Waals surface area (Å²) in [7, 11) is 6.56. The highest BCUT2D eigenvalue weighted by molar-refractivity contribution is 5.96. The molecule has 0 aromatic rings. The van der Waals surface area contributed by atoms with Gasteiger partial charge in [0.05, 0.1) is 0 Å². The minimum atomic E-state index is 1.14. The average molecular weight is 88.1 g/mol. The molecule has 0 spiro atoms. The van der Waals surface area contributed by atoms with Crippen LogP contribution in [0.3, 0.4) is 0 Å². The molecule has 0 aliphatic heterocycles. The van der Waals surface area contributed by atoms with Gasteiger partial charge in [0.1, 0.15) is 0 Å². The van der Waals surface area contributed by atoms with Crippen LogP contribution in [0.4, 0.5) is 0 Å². The van der Waals surface area contributed by atoms with Crippen LogP contribution in [0.1, 0.15) is 0 Å².